The van der Waals surface area contributed by atoms with Crippen molar-refractivity contribution in [3.05, 3.63) is 58.1 Å². The van der Waals surface area contributed by atoms with Crippen LogP contribution in [0, 0.1) is 0 Å². The SMILES string of the molecule is CC(C)Oc1ccc(Br)cc1C(=O)NC(=S)N1CCc2ccccc21. The third-order valence-corrected chi connectivity index (χ3v) is 4.72. The van der Waals surface area contributed by atoms with Gasteiger partial charge in [0.1, 0.15) is 5.75 Å². The van der Waals surface area contributed by atoms with Crippen LogP contribution in [0.15, 0.2) is 46.9 Å². The zero-order valence-corrected chi connectivity index (χ0v) is 16.5. The van der Waals surface area contributed by atoms with Crippen molar-refractivity contribution in [3.63, 3.8) is 0 Å². The molecule has 4 nitrogen and oxygen atoms in total. The van der Waals surface area contributed by atoms with Crippen molar-refractivity contribution < 1.29 is 9.53 Å². The van der Waals surface area contributed by atoms with Crippen LogP contribution in [-0.2, 0) is 6.42 Å². The second-order valence-corrected chi connectivity index (χ2v) is 7.40. The van der Waals surface area contributed by atoms with E-state index in [-0.39, 0.29) is 12.0 Å². The number of anilines is 1. The molecule has 1 amide bonds. The highest BCUT2D eigenvalue weighted by Crippen LogP contribution is 2.28. The predicted molar refractivity (Wildman–Crippen MR) is 107 cm³/mol. The van der Waals surface area contributed by atoms with E-state index in [0.717, 1.165) is 23.1 Å². The number of nitrogens with zero attached hydrogens (tertiary/aromatic N) is 1. The Hall–Kier alpha value is -1.92. The summed E-state index contributed by atoms with van der Waals surface area (Å²) in [7, 11) is 0. The van der Waals surface area contributed by atoms with Crippen molar-refractivity contribution >= 4 is 44.9 Å². The molecule has 2 aromatic carbocycles. The van der Waals surface area contributed by atoms with Crippen LogP contribution in [0.5, 0.6) is 5.75 Å². The van der Waals surface area contributed by atoms with Gasteiger partial charge in [0, 0.05) is 16.7 Å². The highest BCUT2D eigenvalue weighted by atomic mass is 79.9. The lowest BCUT2D eigenvalue weighted by molar-refractivity contribution is 0.0971. The summed E-state index contributed by atoms with van der Waals surface area (Å²) in [6.07, 6.45) is 0.898. The number of thiocarbonyl (C=S) groups is 1. The molecule has 1 aliphatic rings. The minimum absolute atomic E-state index is 0.0230. The number of para-hydroxylation sites is 1. The van der Waals surface area contributed by atoms with Crippen molar-refractivity contribution in [3.8, 4) is 5.75 Å². The summed E-state index contributed by atoms with van der Waals surface area (Å²) >= 11 is 8.88. The van der Waals surface area contributed by atoms with Crippen molar-refractivity contribution in [2.45, 2.75) is 26.4 Å². The Morgan fingerprint density at radius 3 is 2.80 bits per heavy atom. The van der Waals surface area contributed by atoms with Gasteiger partial charge in [-0.25, -0.2) is 0 Å². The Bertz CT molecular complexity index is 823. The van der Waals surface area contributed by atoms with E-state index in [1.165, 1.54) is 5.56 Å². The molecule has 0 fully saturated rings. The number of carbonyl (C=O) groups excluding carboxylic acids is 1. The minimum atomic E-state index is -0.272. The van der Waals surface area contributed by atoms with E-state index in [0.29, 0.717) is 16.4 Å². The van der Waals surface area contributed by atoms with E-state index < -0.39 is 0 Å². The van der Waals surface area contributed by atoms with E-state index in [9.17, 15) is 4.79 Å². The van der Waals surface area contributed by atoms with Crippen molar-refractivity contribution in [1.29, 1.82) is 0 Å². The smallest absolute Gasteiger partial charge is 0.261 e. The molecular weight excluding hydrogens is 400 g/mol. The van der Waals surface area contributed by atoms with Crippen LogP contribution in [0.1, 0.15) is 29.8 Å². The number of ether oxygens (including phenoxy) is 1. The summed E-state index contributed by atoms with van der Waals surface area (Å²) in [6, 6.07) is 13.5. The van der Waals surface area contributed by atoms with Crippen LogP contribution in [0.4, 0.5) is 5.69 Å². The third-order valence-electron chi connectivity index (χ3n) is 3.90. The van der Waals surface area contributed by atoms with E-state index in [1.54, 1.807) is 12.1 Å². The zero-order valence-electron chi connectivity index (χ0n) is 14.1. The summed E-state index contributed by atoms with van der Waals surface area (Å²) in [5.41, 5.74) is 2.75. The predicted octanol–water partition coefficient (Wildman–Crippen LogP) is 4.31. The van der Waals surface area contributed by atoms with Gasteiger partial charge in [-0.1, -0.05) is 34.1 Å². The summed E-state index contributed by atoms with van der Waals surface area (Å²) in [6.45, 7) is 4.62. The number of rotatable bonds is 3. The first-order valence-corrected chi connectivity index (χ1v) is 9.33. The van der Waals surface area contributed by atoms with Gasteiger partial charge < -0.3 is 9.64 Å². The quantitative estimate of drug-likeness (QED) is 0.753. The van der Waals surface area contributed by atoms with E-state index in [1.807, 2.05) is 43.0 Å². The van der Waals surface area contributed by atoms with Crippen LogP contribution >= 0.6 is 28.1 Å². The Morgan fingerprint density at radius 2 is 2.04 bits per heavy atom. The molecule has 0 unspecified atom stereocenters. The third kappa shape index (κ3) is 4.02. The summed E-state index contributed by atoms with van der Waals surface area (Å²) in [5, 5.41) is 3.25. The molecule has 0 spiro atoms. The standard InChI is InChI=1S/C19H19BrN2O2S/c1-12(2)24-17-8-7-14(20)11-15(17)18(23)21-19(25)22-10-9-13-5-3-4-6-16(13)22/h3-8,11-12H,9-10H2,1-2H3,(H,21,23,25). The van der Waals surface area contributed by atoms with Crippen molar-refractivity contribution in [2.24, 2.45) is 0 Å². The number of hydrogen-bond acceptors (Lipinski definition) is 3. The van der Waals surface area contributed by atoms with Gasteiger partial charge >= 0.3 is 0 Å². The van der Waals surface area contributed by atoms with Crippen LogP contribution in [0.3, 0.4) is 0 Å². The van der Waals surface area contributed by atoms with Gasteiger partial charge in [0.05, 0.1) is 11.7 Å². The van der Waals surface area contributed by atoms with Gasteiger partial charge in [-0.2, -0.15) is 0 Å². The lowest BCUT2D eigenvalue weighted by Gasteiger charge is -2.21. The molecule has 0 aromatic heterocycles. The van der Waals surface area contributed by atoms with Crippen molar-refractivity contribution in [2.75, 3.05) is 11.4 Å². The molecule has 6 heteroatoms. The van der Waals surface area contributed by atoms with Crippen LogP contribution in [-0.4, -0.2) is 23.7 Å². The fourth-order valence-electron chi connectivity index (χ4n) is 2.82. The molecule has 25 heavy (non-hydrogen) atoms. The van der Waals surface area contributed by atoms with Gasteiger partial charge in [0.15, 0.2) is 5.11 Å². The minimum Gasteiger partial charge on any atom is -0.490 e. The molecular formula is C19H19BrN2O2S. The Balaban J connectivity index is 1.79. The second kappa shape index (κ2) is 7.54. The largest absolute Gasteiger partial charge is 0.490 e. The molecule has 2 aromatic rings. The number of carbonyl (C=O) groups is 1. The maximum Gasteiger partial charge on any atom is 0.261 e. The Labute approximate surface area is 161 Å². The van der Waals surface area contributed by atoms with E-state index in [4.69, 9.17) is 17.0 Å². The Morgan fingerprint density at radius 1 is 1.28 bits per heavy atom. The monoisotopic (exact) mass is 418 g/mol. The fourth-order valence-corrected chi connectivity index (χ4v) is 3.46. The maximum atomic E-state index is 12.8. The summed E-state index contributed by atoms with van der Waals surface area (Å²) < 4.78 is 6.56. The molecule has 0 saturated heterocycles. The summed E-state index contributed by atoms with van der Waals surface area (Å²) in [4.78, 5) is 14.7. The van der Waals surface area contributed by atoms with Crippen LogP contribution in [0.2, 0.25) is 0 Å². The highest BCUT2D eigenvalue weighted by molar-refractivity contribution is 9.10. The first-order chi connectivity index (χ1) is 12.0. The van der Waals surface area contributed by atoms with Gasteiger partial charge in [-0.05, 0) is 62.3 Å². The first kappa shape index (κ1) is 17.9. The first-order valence-electron chi connectivity index (χ1n) is 8.12. The van der Waals surface area contributed by atoms with Gasteiger partial charge in [-0.15, -0.1) is 0 Å². The average Bonchev–Trinajstić information content (AvgIpc) is 3.00. The lowest BCUT2D eigenvalue weighted by Crippen LogP contribution is -2.42. The molecule has 3 rings (SSSR count). The van der Waals surface area contributed by atoms with Crippen molar-refractivity contribution in [1.82, 2.24) is 5.32 Å². The fraction of sp³-hybridized carbons (Fsp3) is 0.263. The molecule has 0 radical (unpaired) electrons. The number of nitrogens with one attached hydrogen (secondary N) is 1. The number of fused-ring (bicyclic) bond motifs is 1. The molecule has 1 N–H and O–H groups in total. The molecule has 0 aliphatic carbocycles. The number of hydrogen-bond donors (Lipinski definition) is 1. The van der Waals surface area contributed by atoms with Gasteiger partial charge in [0.2, 0.25) is 0 Å². The normalized spacial score (nSPS) is 12.9. The van der Waals surface area contributed by atoms with Crippen LogP contribution < -0.4 is 15.0 Å². The number of benzene rings is 2. The van der Waals surface area contributed by atoms with E-state index in [2.05, 4.69) is 27.3 Å². The molecule has 0 bridgehead atoms. The lowest BCUT2D eigenvalue weighted by atomic mass is 10.2. The van der Waals surface area contributed by atoms with Crippen LogP contribution in [0.25, 0.3) is 0 Å². The second-order valence-electron chi connectivity index (χ2n) is 6.10. The molecule has 0 saturated carbocycles. The number of amides is 1. The molecule has 1 heterocycles. The molecule has 130 valence electrons. The van der Waals surface area contributed by atoms with E-state index >= 15 is 0 Å². The topological polar surface area (TPSA) is 41.6 Å². The van der Waals surface area contributed by atoms with Gasteiger partial charge in [-0.3, -0.25) is 10.1 Å². The Kier molecular flexibility index (Phi) is 5.39. The summed E-state index contributed by atoms with van der Waals surface area (Å²) in [5.74, 6) is 0.270. The molecule has 1 aliphatic heterocycles. The highest BCUT2D eigenvalue weighted by Gasteiger charge is 2.24. The molecule has 0 atom stereocenters. The average molecular weight is 419 g/mol. The van der Waals surface area contributed by atoms with Gasteiger partial charge in [0.25, 0.3) is 5.91 Å². The zero-order chi connectivity index (χ0) is 18.0. The maximum absolute atomic E-state index is 12.8. The number of halogens is 1.